The molecule has 0 bridgehead atoms. The van der Waals surface area contributed by atoms with E-state index in [0.717, 1.165) is 4.57 Å². The second-order valence-electron chi connectivity index (χ2n) is 5.87. The van der Waals surface area contributed by atoms with Crippen molar-refractivity contribution in [3.63, 3.8) is 0 Å². The van der Waals surface area contributed by atoms with Gasteiger partial charge in [0.25, 0.3) is 11.5 Å². The fourth-order valence-corrected chi connectivity index (χ4v) is 2.63. The summed E-state index contributed by atoms with van der Waals surface area (Å²) in [6.07, 6.45) is 1.51. The molecule has 134 valence electrons. The normalized spacial score (nSPS) is 10.7. The van der Waals surface area contributed by atoms with Gasteiger partial charge in [-0.1, -0.05) is 18.2 Å². The van der Waals surface area contributed by atoms with Gasteiger partial charge in [-0.05, 0) is 24.6 Å². The number of anilines is 1. The van der Waals surface area contributed by atoms with Crippen LogP contribution in [0.1, 0.15) is 5.56 Å². The van der Waals surface area contributed by atoms with Crippen LogP contribution >= 0.6 is 0 Å². The maximum absolute atomic E-state index is 12.6. The minimum Gasteiger partial charge on any atom is -0.484 e. The van der Waals surface area contributed by atoms with E-state index in [2.05, 4.69) is 10.3 Å². The minimum atomic E-state index is -0.515. The van der Waals surface area contributed by atoms with Crippen molar-refractivity contribution in [3.8, 4) is 5.75 Å². The molecule has 0 atom stereocenters. The molecule has 0 aliphatic heterocycles. The van der Waals surface area contributed by atoms with E-state index in [9.17, 15) is 14.4 Å². The first kappa shape index (κ1) is 17.4. The van der Waals surface area contributed by atoms with Gasteiger partial charge in [-0.3, -0.25) is 18.7 Å². The molecule has 1 aromatic carbocycles. The predicted octanol–water partition coefficient (Wildman–Crippen LogP) is 0.958. The van der Waals surface area contributed by atoms with Crippen LogP contribution in [0.5, 0.6) is 5.75 Å². The number of carbonyl (C=O) groups is 1. The first-order chi connectivity index (χ1) is 12.4. The summed E-state index contributed by atoms with van der Waals surface area (Å²) in [6.45, 7) is 1.52. The van der Waals surface area contributed by atoms with Crippen LogP contribution in [0, 0.1) is 6.92 Å². The Labute approximate surface area is 148 Å². The summed E-state index contributed by atoms with van der Waals surface area (Å²) < 4.78 is 7.68. The van der Waals surface area contributed by atoms with Crippen molar-refractivity contribution >= 4 is 22.6 Å². The number of ether oxygens (including phenoxy) is 1. The molecule has 1 N–H and O–H groups in total. The van der Waals surface area contributed by atoms with E-state index in [-0.39, 0.29) is 17.6 Å². The van der Waals surface area contributed by atoms with Gasteiger partial charge in [0.15, 0.2) is 12.3 Å². The van der Waals surface area contributed by atoms with Crippen molar-refractivity contribution in [2.75, 3.05) is 11.9 Å². The summed E-state index contributed by atoms with van der Waals surface area (Å²) in [7, 11) is 2.91. The summed E-state index contributed by atoms with van der Waals surface area (Å²) in [6, 6.07) is 8.94. The van der Waals surface area contributed by atoms with Crippen molar-refractivity contribution in [2.45, 2.75) is 6.92 Å². The van der Waals surface area contributed by atoms with Gasteiger partial charge in [0.2, 0.25) is 0 Å². The van der Waals surface area contributed by atoms with E-state index in [1.165, 1.54) is 24.9 Å². The standard InChI is InChI=1S/C18H18N4O4/c1-11-9-19-16-14(17(24)22(3)18(25)21(16)2)15(11)20-13(23)10-26-12-7-5-4-6-8-12/h4-9H,10H2,1-3H3,(H,19,20,23). The van der Waals surface area contributed by atoms with Gasteiger partial charge < -0.3 is 10.1 Å². The molecule has 3 aromatic rings. The highest BCUT2D eigenvalue weighted by atomic mass is 16.5. The van der Waals surface area contributed by atoms with Gasteiger partial charge in [0.05, 0.1) is 5.69 Å². The lowest BCUT2D eigenvalue weighted by molar-refractivity contribution is -0.118. The zero-order valence-electron chi connectivity index (χ0n) is 14.6. The van der Waals surface area contributed by atoms with E-state index >= 15 is 0 Å². The zero-order chi connectivity index (χ0) is 18.8. The van der Waals surface area contributed by atoms with Gasteiger partial charge in [0, 0.05) is 20.3 Å². The smallest absolute Gasteiger partial charge is 0.332 e. The number of amides is 1. The summed E-state index contributed by atoms with van der Waals surface area (Å²) in [5.74, 6) is 0.151. The molecule has 1 amide bonds. The lowest BCUT2D eigenvalue weighted by Crippen LogP contribution is -2.38. The molecule has 0 saturated carbocycles. The van der Waals surface area contributed by atoms with Crippen LogP contribution < -0.4 is 21.3 Å². The SMILES string of the molecule is Cc1cnc2c(c1NC(=O)COc1ccccc1)c(=O)n(C)c(=O)n2C. The monoisotopic (exact) mass is 354 g/mol. The number of benzene rings is 1. The van der Waals surface area contributed by atoms with Crippen molar-refractivity contribution in [2.24, 2.45) is 14.1 Å². The number of nitrogens with one attached hydrogen (secondary N) is 1. The van der Waals surface area contributed by atoms with Gasteiger partial charge in [-0.15, -0.1) is 0 Å². The Morgan fingerprint density at radius 3 is 2.54 bits per heavy atom. The van der Waals surface area contributed by atoms with E-state index < -0.39 is 17.2 Å². The summed E-state index contributed by atoms with van der Waals surface area (Å²) in [5.41, 5.74) is 0.152. The largest absolute Gasteiger partial charge is 0.484 e. The summed E-state index contributed by atoms with van der Waals surface area (Å²) in [4.78, 5) is 41.1. The molecule has 0 radical (unpaired) electrons. The van der Waals surface area contributed by atoms with Crippen molar-refractivity contribution in [1.29, 1.82) is 0 Å². The highest BCUT2D eigenvalue weighted by molar-refractivity contribution is 6.01. The minimum absolute atomic E-state index is 0.183. The van der Waals surface area contributed by atoms with Gasteiger partial charge in [0.1, 0.15) is 11.1 Å². The fraction of sp³-hybridized carbons (Fsp3) is 0.222. The quantitative estimate of drug-likeness (QED) is 0.753. The Balaban J connectivity index is 1.97. The van der Waals surface area contributed by atoms with E-state index in [1.807, 2.05) is 6.07 Å². The Morgan fingerprint density at radius 2 is 1.85 bits per heavy atom. The summed E-state index contributed by atoms with van der Waals surface area (Å²) >= 11 is 0. The Kier molecular flexibility index (Phi) is 4.57. The Hall–Kier alpha value is -3.42. The molecule has 0 spiro atoms. The third kappa shape index (κ3) is 3.08. The number of fused-ring (bicyclic) bond motifs is 1. The number of nitrogens with zero attached hydrogens (tertiary/aromatic N) is 3. The zero-order valence-corrected chi connectivity index (χ0v) is 14.6. The third-order valence-electron chi connectivity index (χ3n) is 4.04. The van der Waals surface area contributed by atoms with E-state index in [0.29, 0.717) is 17.0 Å². The lowest BCUT2D eigenvalue weighted by atomic mass is 10.2. The van der Waals surface area contributed by atoms with Gasteiger partial charge >= 0.3 is 5.69 Å². The van der Waals surface area contributed by atoms with E-state index in [1.54, 1.807) is 31.2 Å². The average molecular weight is 354 g/mol. The molecule has 0 saturated heterocycles. The van der Waals surface area contributed by atoms with Crippen LogP contribution in [0.15, 0.2) is 46.1 Å². The second-order valence-corrected chi connectivity index (χ2v) is 5.87. The molecular weight excluding hydrogens is 336 g/mol. The molecule has 8 heteroatoms. The topological polar surface area (TPSA) is 95.2 Å². The molecule has 0 aliphatic carbocycles. The van der Waals surface area contributed by atoms with Crippen LogP contribution in [0.3, 0.4) is 0 Å². The Morgan fingerprint density at radius 1 is 1.15 bits per heavy atom. The molecule has 0 unspecified atom stereocenters. The maximum atomic E-state index is 12.6. The first-order valence-electron chi connectivity index (χ1n) is 7.93. The Bertz CT molecular complexity index is 1100. The van der Waals surface area contributed by atoms with Gasteiger partial charge in [-0.2, -0.15) is 0 Å². The number of aromatic nitrogens is 3. The number of pyridine rings is 1. The van der Waals surface area contributed by atoms with Crippen molar-refractivity contribution in [3.05, 3.63) is 62.9 Å². The highest BCUT2D eigenvalue weighted by Crippen LogP contribution is 2.21. The number of hydrogen-bond acceptors (Lipinski definition) is 5. The van der Waals surface area contributed by atoms with Crippen molar-refractivity contribution < 1.29 is 9.53 Å². The number of hydrogen-bond donors (Lipinski definition) is 1. The molecule has 3 rings (SSSR count). The molecule has 8 nitrogen and oxygen atoms in total. The number of rotatable bonds is 4. The predicted molar refractivity (Wildman–Crippen MR) is 97.5 cm³/mol. The van der Waals surface area contributed by atoms with E-state index in [4.69, 9.17) is 4.74 Å². The second kappa shape index (κ2) is 6.83. The highest BCUT2D eigenvalue weighted by Gasteiger charge is 2.17. The molecule has 0 fully saturated rings. The average Bonchev–Trinajstić information content (AvgIpc) is 2.65. The molecule has 2 aromatic heterocycles. The molecule has 0 aliphatic rings. The molecular formula is C18H18N4O4. The summed E-state index contributed by atoms with van der Waals surface area (Å²) in [5, 5.41) is 2.89. The van der Waals surface area contributed by atoms with Crippen LogP contribution in [-0.4, -0.2) is 26.6 Å². The van der Waals surface area contributed by atoms with Crippen LogP contribution in [0.2, 0.25) is 0 Å². The first-order valence-corrected chi connectivity index (χ1v) is 7.93. The molecule has 2 heterocycles. The van der Waals surface area contributed by atoms with Crippen LogP contribution in [0.4, 0.5) is 5.69 Å². The molecule has 26 heavy (non-hydrogen) atoms. The van der Waals surface area contributed by atoms with Gasteiger partial charge in [-0.25, -0.2) is 9.78 Å². The number of carbonyl (C=O) groups excluding carboxylic acids is 1. The van der Waals surface area contributed by atoms with Crippen LogP contribution in [-0.2, 0) is 18.9 Å². The maximum Gasteiger partial charge on any atom is 0.332 e. The number of aryl methyl sites for hydroxylation is 2. The number of para-hydroxylation sites is 1. The van der Waals surface area contributed by atoms with Crippen molar-refractivity contribution in [1.82, 2.24) is 14.1 Å². The fourth-order valence-electron chi connectivity index (χ4n) is 2.63. The lowest BCUT2D eigenvalue weighted by Gasteiger charge is -2.14. The van der Waals surface area contributed by atoms with Crippen LogP contribution in [0.25, 0.3) is 11.0 Å². The third-order valence-corrected chi connectivity index (χ3v) is 4.04.